The van der Waals surface area contributed by atoms with Crippen molar-refractivity contribution in [3.8, 4) is 0 Å². The van der Waals surface area contributed by atoms with E-state index in [1.165, 1.54) is 17.5 Å². The number of aromatic nitrogens is 2. The van der Waals surface area contributed by atoms with Gasteiger partial charge in [0.2, 0.25) is 0 Å². The number of aromatic amines is 1. The third-order valence-corrected chi connectivity index (χ3v) is 3.03. The molecule has 0 aliphatic heterocycles. The summed E-state index contributed by atoms with van der Waals surface area (Å²) in [6.45, 7) is 0. The van der Waals surface area contributed by atoms with Gasteiger partial charge < -0.3 is 4.98 Å². The highest BCUT2D eigenvalue weighted by molar-refractivity contribution is 5.79. The minimum atomic E-state index is -0.188. The van der Waals surface area contributed by atoms with Gasteiger partial charge in [-0.05, 0) is 36.4 Å². The highest BCUT2D eigenvalue weighted by Crippen LogP contribution is 2.12. The number of halogens is 1. The molecule has 0 spiro atoms. The zero-order valence-corrected chi connectivity index (χ0v) is 10.8. The van der Waals surface area contributed by atoms with Crippen LogP contribution in [0.15, 0.2) is 73.1 Å². The number of hydrogen-bond acceptors (Lipinski definition) is 1. The van der Waals surface area contributed by atoms with Gasteiger partial charge in [0.25, 0.3) is 0 Å². The van der Waals surface area contributed by atoms with Gasteiger partial charge in [0.1, 0.15) is 5.82 Å². The van der Waals surface area contributed by atoms with Crippen LogP contribution in [0.5, 0.6) is 0 Å². The third-order valence-electron chi connectivity index (χ3n) is 3.03. The number of nitrogens with one attached hydrogen (secondary N) is 1. The Kier molecular flexibility index (Phi) is 3.42. The van der Waals surface area contributed by atoms with E-state index in [0.29, 0.717) is 0 Å². The van der Waals surface area contributed by atoms with Crippen LogP contribution in [0, 0.1) is 5.82 Å². The smallest absolute Gasteiger partial charge is 0.123 e. The summed E-state index contributed by atoms with van der Waals surface area (Å²) < 4.78 is 12.5. The molecule has 4 aromatic rings. The predicted molar refractivity (Wildman–Crippen MR) is 80.0 cm³/mol. The van der Waals surface area contributed by atoms with Crippen LogP contribution < -0.4 is 0 Å². The van der Waals surface area contributed by atoms with E-state index < -0.39 is 0 Å². The second-order valence-corrected chi connectivity index (χ2v) is 4.41. The minimum Gasteiger partial charge on any atom is -0.361 e. The van der Waals surface area contributed by atoms with Crippen LogP contribution in [-0.4, -0.2) is 9.97 Å². The van der Waals surface area contributed by atoms with Crippen LogP contribution >= 0.6 is 0 Å². The molecule has 3 heteroatoms. The molecule has 2 nitrogen and oxygen atoms in total. The first-order chi connectivity index (χ1) is 9.83. The molecule has 0 aliphatic carbocycles. The van der Waals surface area contributed by atoms with Crippen molar-refractivity contribution in [2.24, 2.45) is 0 Å². The summed E-state index contributed by atoms with van der Waals surface area (Å²) in [5.41, 5.74) is 2.03. The average Bonchev–Trinajstić information content (AvgIpc) is 2.95. The quantitative estimate of drug-likeness (QED) is 0.496. The number of nitrogens with zero attached hydrogens (tertiary/aromatic N) is 1. The fourth-order valence-electron chi connectivity index (χ4n) is 2.04. The molecule has 0 aliphatic rings. The van der Waals surface area contributed by atoms with E-state index in [1.54, 1.807) is 12.3 Å². The maximum absolute atomic E-state index is 12.5. The number of rotatable bonds is 0. The Morgan fingerprint density at radius 2 is 1.70 bits per heavy atom. The molecule has 0 bridgehead atoms. The van der Waals surface area contributed by atoms with Gasteiger partial charge in [-0.15, -0.1) is 0 Å². The van der Waals surface area contributed by atoms with Crippen molar-refractivity contribution in [1.29, 1.82) is 0 Å². The first-order valence-corrected chi connectivity index (χ1v) is 6.35. The van der Waals surface area contributed by atoms with Gasteiger partial charge in [0.05, 0.1) is 5.52 Å². The van der Waals surface area contributed by atoms with E-state index >= 15 is 0 Å². The van der Waals surface area contributed by atoms with Crippen molar-refractivity contribution >= 4 is 21.8 Å². The van der Waals surface area contributed by atoms with Gasteiger partial charge >= 0.3 is 0 Å². The highest BCUT2D eigenvalue weighted by atomic mass is 19.1. The van der Waals surface area contributed by atoms with E-state index in [2.05, 4.69) is 22.1 Å². The molecule has 0 atom stereocenters. The van der Waals surface area contributed by atoms with E-state index in [9.17, 15) is 4.39 Å². The van der Waals surface area contributed by atoms with Crippen molar-refractivity contribution in [2.45, 2.75) is 0 Å². The van der Waals surface area contributed by atoms with Crippen molar-refractivity contribution in [1.82, 2.24) is 9.97 Å². The number of hydrogen-bond donors (Lipinski definition) is 1. The Hall–Kier alpha value is -2.68. The molecule has 0 saturated carbocycles. The lowest BCUT2D eigenvalue weighted by Crippen LogP contribution is -1.73. The molecule has 2 aromatic heterocycles. The molecule has 0 fully saturated rings. The van der Waals surface area contributed by atoms with E-state index in [4.69, 9.17) is 0 Å². The molecule has 1 N–H and O–H groups in total. The average molecular weight is 264 g/mol. The second kappa shape index (κ2) is 5.53. The lowest BCUT2D eigenvalue weighted by molar-refractivity contribution is 0.630. The van der Waals surface area contributed by atoms with Crippen molar-refractivity contribution in [2.75, 3.05) is 0 Å². The molecule has 2 aromatic carbocycles. The summed E-state index contributed by atoms with van der Waals surface area (Å²) >= 11 is 0. The minimum absolute atomic E-state index is 0.188. The first kappa shape index (κ1) is 12.4. The standard InChI is InChI=1S/C9H7N.C8H6FN/c1-2-6-9-8(4-1)5-3-7-10-9;9-7-1-2-8-6(5-7)3-4-10-8/h1-7H;1-5,10H. The molecular weight excluding hydrogens is 251 g/mol. The summed E-state index contributed by atoms with van der Waals surface area (Å²) in [5, 5.41) is 2.12. The Bertz CT molecular complexity index is 771. The number of para-hydroxylation sites is 1. The van der Waals surface area contributed by atoms with Gasteiger partial charge in [-0.25, -0.2) is 4.39 Å². The summed E-state index contributed by atoms with van der Waals surface area (Å²) in [7, 11) is 0. The van der Waals surface area contributed by atoms with Crippen LogP contribution in [0.4, 0.5) is 4.39 Å². The maximum Gasteiger partial charge on any atom is 0.123 e. The molecule has 0 radical (unpaired) electrons. The fraction of sp³-hybridized carbons (Fsp3) is 0. The molecular formula is C17H13FN2. The fourth-order valence-corrected chi connectivity index (χ4v) is 2.04. The Morgan fingerprint density at radius 3 is 2.60 bits per heavy atom. The highest BCUT2D eigenvalue weighted by Gasteiger charge is 1.93. The van der Waals surface area contributed by atoms with Gasteiger partial charge in [0.15, 0.2) is 0 Å². The number of benzene rings is 2. The predicted octanol–water partition coefficient (Wildman–Crippen LogP) is 4.54. The van der Waals surface area contributed by atoms with Crippen molar-refractivity contribution < 1.29 is 4.39 Å². The second-order valence-electron chi connectivity index (χ2n) is 4.41. The normalized spacial score (nSPS) is 10.2. The Balaban J connectivity index is 0.000000121. The molecule has 0 amide bonds. The lowest BCUT2D eigenvalue weighted by atomic mass is 10.2. The number of fused-ring (bicyclic) bond motifs is 2. The summed E-state index contributed by atoms with van der Waals surface area (Å²) in [6, 6.07) is 18.6. The number of pyridine rings is 1. The largest absolute Gasteiger partial charge is 0.361 e. The van der Waals surface area contributed by atoms with Gasteiger partial charge in [-0.3, -0.25) is 4.98 Å². The van der Waals surface area contributed by atoms with E-state index in [-0.39, 0.29) is 5.82 Å². The van der Waals surface area contributed by atoms with Crippen molar-refractivity contribution in [3.05, 3.63) is 78.9 Å². The summed E-state index contributed by atoms with van der Waals surface area (Å²) in [6.07, 6.45) is 3.60. The molecule has 2 heterocycles. The van der Waals surface area contributed by atoms with Crippen molar-refractivity contribution in [3.63, 3.8) is 0 Å². The van der Waals surface area contributed by atoms with E-state index in [0.717, 1.165) is 16.4 Å². The van der Waals surface area contributed by atoms with Gasteiger partial charge in [-0.1, -0.05) is 24.3 Å². The monoisotopic (exact) mass is 264 g/mol. The third kappa shape index (κ3) is 2.67. The summed E-state index contributed by atoms with van der Waals surface area (Å²) in [4.78, 5) is 7.16. The SMILES string of the molecule is Fc1ccc2[nH]ccc2c1.c1ccc2ncccc2c1. The van der Waals surface area contributed by atoms with Crippen LogP contribution in [0.1, 0.15) is 0 Å². The van der Waals surface area contributed by atoms with Gasteiger partial charge in [-0.2, -0.15) is 0 Å². The zero-order valence-electron chi connectivity index (χ0n) is 10.8. The molecule has 0 saturated heterocycles. The molecule has 98 valence electrons. The zero-order chi connectivity index (χ0) is 13.8. The maximum atomic E-state index is 12.5. The van der Waals surface area contributed by atoms with Crippen LogP contribution in [-0.2, 0) is 0 Å². The molecule has 20 heavy (non-hydrogen) atoms. The first-order valence-electron chi connectivity index (χ1n) is 6.35. The Morgan fingerprint density at radius 1 is 0.850 bits per heavy atom. The molecule has 0 unspecified atom stereocenters. The topological polar surface area (TPSA) is 28.7 Å². The summed E-state index contributed by atoms with van der Waals surface area (Å²) in [5.74, 6) is -0.188. The van der Waals surface area contributed by atoms with Crippen LogP contribution in [0.2, 0.25) is 0 Å². The lowest BCUT2D eigenvalue weighted by Gasteiger charge is -1.91. The number of H-pyrrole nitrogens is 1. The van der Waals surface area contributed by atoms with Crippen LogP contribution in [0.3, 0.4) is 0 Å². The van der Waals surface area contributed by atoms with E-state index in [1.807, 2.05) is 36.5 Å². The Labute approximate surface area is 115 Å². The molecule has 4 rings (SSSR count). The van der Waals surface area contributed by atoms with Crippen LogP contribution in [0.25, 0.3) is 21.8 Å². The van der Waals surface area contributed by atoms with Gasteiger partial charge in [0, 0.05) is 28.7 Å².